The number of nitrogens with two attached hydrogens (primary N) is 1. The molecule has 0 fully saturated rings. The summed E-state index contributed by atoms with van der Waals surface area (Å²) in [4.78, 5) is 3.75. The Morgan fingerprint density at radius 1 is 1.41 bits per heavy atom. The van der Waals surface area contributed by atoms with Gasteiger partial charge in [-0.25, -0.2) is 4.98 Å². The van der Waals surface area contributed by atoms with Crippen molar-refractivity contribution in [3.05, 3.63) is 36.9 Å². The second-order valence-electron chi connectivity index (χ2n) is 3.23. The second kappa shape index (κ2) is 4.68. The van der Waals surface area contributed by atoms with Gasteiger partial charge in [-0.05, 0) is 32.9 Å². The zero-order valence-corrected chi connectivity index (χ0v) is 11.4. The van der Waals surface area contributed by atoms with Crippen molar-refractivity contribution in [2.75, 3.05) is 0 Å². The summed E-state index contributed by atoms with van der Waals surface area (Å²) in [5, 5.41) is 0.944. The molecular weight excluding hydrogens is 337 g/mol. The number of aromatic nitrogens is 1. The van der Waals surface area contributed by atoms with Crippen molar-refractivity contribution in [2.45, 2.75) is 12.2 Å². The molecule has 0 spiro atoms. The van der Waals surface area contributed by atoms with Gasteiger partial charge in [0.05, 0.1) is 9.83 Å². The van der Waals surface area contributed by atoms with Crippen molar-refractivity contribution < 1.29 is 13.2 Å². The molecule has 0 saturated heterocycles. The van der Waals surface area contributed by atoms with E-state index in [1.54, 1.807) is 6.07 Å². The minimum absolute atomic E-state index is 0.405. The summed E-state index contributed by atoms with van der Waals surface area (Å²) >= 11 is 5.30. The lowest BCUT2D eigenvalue weighted by molar-refractivity contribution is -0.137. The lowest BCUT2D eigenvalue weighted by Gasteiger charge is -2.05. The number of alkyl halides is 3. The van der Waals surface area contributed by atoms with E-state index in [0.29, 0.717) is 16.2 Å². The summed E-state index contributed by atoms with van der Waals surface area (Å²) in [6.07, 6.45) is -3.22. The molecule has 2 rings (SSSR count). The Labute approximate surface area is 111 Å². The van der Waals surface area contributed by atoms with Crippen LogP contribution in [0.4, 0.5) is 13.2 Å². The lowest BCUT2D eigenvalue weighted by Crippen LogP contribution is -2.08. The molecule has 2 N–H and O–H groups in total. The highest BCUT2D eigenvalue weighted by Crippen LogP contribution is 2.36. The van der Waals surface area contributed by atoms with Gasteiger partial charge in [-0.3, -0.25) is 0 Å². The summed E-state index contributed by atoms with van der Waals surface area (Å²) in [7, 11) is 0. The summed E-state index contributed by atoms with van der Waals surface area (Å²) in [5.41, 5.74) is 6.65. The maximum Gasteiger partial charge on any atom is 0.443 e. The van der Waals surface area contributed by atoms with Crippen LogP contribution < -0.4 is 5.73 Å². The molecule has 2 aromatic heterocycles. The van der Waals surface area contributed by atoms with Gasteiger partial charge in [0, 0.05) is 11.1 Å². The van der Waals surface area contributed by atoms with Crippen molar-refractivity contribution in [2.24, 2.45) is 5.73 Å². The smallest absolute Gasteiger partial charge is 0.320 e. The Balaban J connectivity index is 2.26. The molecule has 92 valence electrons. The summed E-state index contributed by atoms with van der Waals surface area (Å²) in [6, 6.07) is 1.23. The van der Waals surface area contributed by atoms with Gasteiger partial charge in [-0.1, -0.05) is 0 Å². The Hall–Kier alpha value is -0.440. The molecule has 0 aliphatic carbocycles. The van der Waals surface area contributed by atoms with Gasteiger partial charge in [0.2, 0.25) is 0 Å². The van der Waals surface area contributed by atoms with Crippen LogP contribution in [-0.2, 0) is 6.18 Å². The number of rotatable bonds is 2. The monoisotopic (exact) mass is 342 g/mol. The van der Waals surface area contributed by atoms with Crippen molar-refractivity contribution in [3.8, 4) is 0 Å². The van der Waals surface area contributed by atoms with Crippen LogP contribution in [-0.4, -0.2) is 4.98 Å². The van der Waals surface area contributed by atoms with Crippen molar-refractivity contribution in [1.29, 1.82) is 0 Å². The van der Waals surface area contributed by atoms with Gasteiger partial charge in [0.15, 0.2) is 5.01 Å². The van der Waals surface area contributed by atoms with E-state index < -0.39 is 17.2 Å². The molecule has 0 aromatic carbocycles. The van der Waals surface area contributed by atoms with Crippen molar-refractivity contribution in [3.63, 3.8) is 0 Å². The van der Waals surface area contributed by atoms with E-state index in [-0.39, 0.29) is 0 Å². The number of nitrogens with zero attached hydrogens (tertiary/aromatic N) is 1. The zero-order valence-electron chi connectivity index (χ0n) is 8.16. The fraction of sp³-hybridized carbons (Fsp3) is 0.222. The van der Waals surface area contributed by atoms with Crippen LogP contribution in [0, 0.1) is 0 Å². The topological polar surface area (TPSA) is 38.9 Å². The maximum atomic E-state index is 12.4. The van der Waals surface area contributed by atoms with Crippen LogP contribution in [0.2, 0.25) is 0 Å². The molecule has 0 aliphatic rings. The van der Waals surface area contributed by atoms with Crippen LogP contribution in [0.1, 0.15) is 21.5 Å². The summed E-state index contributed by atoms with van der Waals surface area (Å²) in [6.45, 7) is 0. The molecule has 2 heterocycles. The number of thiazole rings is 1. The van der Waals surface area contributed by atoms with E-state index >= 15 is 0 Å². The molecule has 0 radical (unpaired) electrons. The van der Waals surface area contributed by atoms with Crippen LogP contribution in [0.25, 0.3) is 0 Å². The normalized spacial score (nSPS) is 13.9. The molecule has 2 aromatic rings. The highest BCUT2D eigenvalue weighted by Gasteiger charge is 2.35. The van der Waals surface area contributed by atoms with Gasteiger partial charge < -0.3 is 5.73 Å². The molecule has 1 unspecified atom stereocenters. The highest BCUT2D eigenvalue weighted by atomic mass is 79.9. The molecule has 17 heavy (non-hydrogen) atoms. The predicted molar refractivity (Wildman–Crippen MR) is 65.2 cm³/mol. The largest absolute Gasteiger partial charge is 0.443 e. The molecular formula is C9H6BrF3N2S2. The number of hydrogen-bond donors (Lipinski definition) is 1. The Kier molecular flexibility index (Phi) is 3.58. The van der Waals surface area contributed by atoms with E-state index in [2.05, 4.69) is 20.9 Å². The number of thiophene rings is 1. The SMILES string of the molecule is NC(c1csc(Br)c1)c1cnc(C(F)(F)F)s1. The van der Waals surface area contributed by atoms with Gasteiger partial charge in [-0.2, -0.15) is 13.2 Å². The summed E-state index contributed by atoms with van der Waals surface area (Å²) in [5.74, 6) is 0. The molecule has 2 nitrogen and oxygen atoms in total. The Bertz CT molecular complexity index is 520. The van der Waals surface area contributed by atoms with Gasteiger partial charge in [-0.15, -0.1) is 22.7 Å². The van der Waals surface area contributed by atoms with Crippen LogP contribution in [0.3, 0.4) is 0 Å². The Morgan fingerprint density at radius 2 is 2.12 bits per heavy atom. The third-order valence-corrected chi connectivity index (χ3v) is 4.67. The predicted octanol–water partition coefficient (Wildman–Crippen LogP) is 4.03. The van der Waals surface area contributed by atoms with E-state index in [9.17, 15) is 13.2 Å². The first-order valence-electron chi connectivity index (χ1n) is 4.40. The van der Waals surface area contributed by atoms with Gasteiger partial charge >= 0.3 is 6.18 Å². The second-order valence-corrected chi connectivity index (χ2v) is 6.58. The van der Waals surface area contributed by atoms with E-state index in [1.165, 1.54) is 17.5 Å². The van der Waals surface area contributed by atoms with Crippen LogP contribution >= 0.6 is 38.6 Å². The minimum Gasteiger partial charge on any atom is -0.320 e. The first-order chi connectivity index (χ1) is 7.88. The zero-order chi connectivity index (χ0) is 12.6. The number of halogens is 4. The average Bonchev–Trinajstić information content (AvgIpc) is 2.83. The van der Waals surface area contributed by atoms with E-state index in [1.807, 2.05) is 5.38 Å². The van der Waals surface area contributed by atoms with Crippen LogP contribution in [0.15, 0.2) is 21.4 Å². The van der Waals surface area contributed by atoms with Gasteiger partial charge in [0.1, 0.15) is 0 Å². The van der Waals surface area contributed by atoms with Crippen molar-refractivity contribution in [1.82, 2.24) is 4.98 Å². The molecule has 0 amide bonds. The van der Waals surface area contributed by atoms with Crippen LogP contribution in [0.5, 0.6) is 0 Å². The van der Waals surface area contributed by atoms with Gasteiger partial charge in [0.25, 0.3) is 0 Å². The third-order valence-electron chi connectivity index (χ3n) is 2.02. The minimum atomic E-state index is -4.40. The molecule has 1 atom stereocenters. The molecule has 0 saturated carbocycles. The third kappa shape index (κ3) is 2.87. The summed E-state index contributed by atoms with van der Waals surface area (Å²) < 4.78 is 38.0. The molecule has 0 bridgehead atoms. The molecule has 8 heteroatoms. The number of hydrogen-bond acceptors (Lipinski definition) is 4. The lowest BCUT2D eigenvalue weighted by atomic mass is 10.1. The standard InChI is InChI=1S/C9H6BrF3N2S2/c10-6-1-4(3-16-6)7(14)5-2-15-8(17-5)9(11,12)13/h1-3,7H,14H2. The van der Waals surface area contributed by atoms with Crippen molar-refractivity contribution >= 4 is 38.6 Å². The van der Waals surface area contributed by atoms with E-state index in [0.717, 1.165) is 9.35 Å². The first kappa shape index (κ1) is 13.0. The van der Waals surface area contributed by atoms with E-state index in [4.69, 9.17) is 5.73 Å². The molecule has 0 aliphatic heterocycles. The quantitative estimate of drug-likeness (QED) is 0.894. The average molecular weight is 343 g/mol. The fourth-order valence-electron chi connectivity index (χ4n) is 1.21. The highest BCUT2D eigenvalue weighted by molar-refractivity contribution is 9.11. The first-order valence-corrected chi connectivity index (χ1v) is 6.89. The maximum absolute atomic E-state index is 12.4. The fourth-order valence-corrected chi connectivity index (χ4v) is 3.24. The Morgan fingerprint density at radius 3 is 2.59 bits per heavy atom.